The standard InChI is InChI=1S/C22H20N2O2/c1-15-9-11-18(12-10-15)24-14-17(13-21(24)25)23-22(26)20-8-4-6-16-5-2-3-7-19(16)20/h2-12,17H,13-14H2,1H3,(H,23,26)/t17-/m1/s1. The van der Waals surface area contributed by atoms with Gasteiger partial charge in [0.15, 0.2) is 0 Å². The number of amides is 2. The number of benzene rings is 3. The van der Waals surface area contributed by atoms with E-state index >= 15 is 0 Å². The zero-order valence-electron chi connectivity index (χ0n) is 14.6. The van der Waals surface area contributed by atoms with E-state index in [-0.39, 0.29) is 17.9 Å². The molecule has 0 saturated carbocycles. The number of nitrogens with one attached hydrogen (secondary N) is 1. The van der Waals surface area contributed by atoms with Crippen molar-refractivity contribution in [2.45, 2.75) is 19.4 Å². The molecule has 1 saturated heterocycles. The minimum Gasteiger partial charge on any atom is -0.347 e. The Morgan fingerprint density at radius 2 is 1.73 bits per heavy atom. The summed E-state index contributed by atoms with van der Waals surface area (Å²) < 4.78 is 0. The number of anilines is 1. The summed E-state index contributed by atoms with van der Waals surface area (Å²) >= 11 is 0. The zero-order valence-corrected chi connectivity index (χ0v) is 14.6. The van der Waals surface area contributed by atoms with Crippen molar-refractivity contribution < 1.29 is 9.59 Å². The van der Waals surface area contributed by atoms with Crippen LogP contribution in [-0.4, -0.2) is 24.4 Å². The molecular formula is C22H20N2O2. The largest absolute Gasteiger partial charge is 0.347 e. The number of carbonyl (C=O) groups excluding carboxylic acids is 2. The Balaban J connectivity index is 1.52. The molecule has 0 unspecified atom stereocenters. The van der Waals surface area contributed by atoms with E-state index in [0.29, 0.717) is 18.5 Å². The quantitative estimate of drug-likeness (QED) is 0.788. The van der Waals surface area contributed by atoms with Crippen LogP contribution in [0, 0.1) is 6.92 Å². The molecule has 1 heterocycles. The van der Waals surface area contributed by atoms with Crippen molar-refractivity contribution in [3.8, 4) is 0 Å². The van der Waals surface area contributed by atoms with Crippen LogP contribution in [0.4, 0.5) is 5.69 Å². The van der Waals surface area contributed by atoms with Crippen molar-refractivity contribution in [1.82, 2.24) is 5.32 Å². The summed E-state index contributed by atoms with van der Waals surface area (Å²) in [6.07, 6.45) is 0.324. The third kappa shape index (κ3) is 3.06. The van der Waals surface area contributed by atoms with Gasteiger partial charge >= 0.3 is 0 Å². The topological polar surface area (TPSA) is 49.4 Å². The summed E-state index contributed by atoms with van der Waals surface area (Å²) in [5.74, 6) is -0.0950. The minimum atomic E-state index is -0.185. The van der Waals surface area contributed by atoms with E-state index in [4.69, 9.17) is 0 Å². The van der Waals surface area contributed by atoms with Gasteiger partial charge in [0.2, 0.25) is 5.91 Å². The smallest absolute Gasteiger partial charge is 0.252 e. The molecule has 1 fully saturated rings. The molecule has 3 aromatic rings. The van der Waals surface area contributed by atoms with Gasteiger partial charge in [-0.25, -0.2) is 0 Å². The summed E-state index contributed by atoms with van der Waals surface area (Å²) in [5.41, 5.74) is 2.67. The third-order valence-corrected chi connectivity index (χ3v) is 4.84. The highest BCUT2D eigenvalue weighted by molar-refractivity contribution is 6.07. The fourth-order valence-corrected chi connectivity index (χ4v) is 3.47. The lowest BCUT2D eigenvalue weighted by Gasteiger charge is -2.17. The number of hydrogen-bond donors (Lipinski definition) is 1. The lowest BCUT2D eigenvalue weighted by molar-refractivity contribution is -0.117. The van der Waals surface area contributed by atoms with Gasteiger partial charge in [0.05, 0.1) is 6.04 Å². The fourth-order valence-electron chi connectivity index (χ4n) is 3.47. The maximum atomic E-state index is 12.8. The lowest BCUT2D eigenvalue weighted by Crippen LogP contribution is -2.37. The first-order valence-electron chi connectivity index (χ1n) is 8.77. The summed E-state index contributed by atoms with van der Waals surface area (Å²) in [7, 11) is 0. The Hall–Kier alpha value is -3.14. The highest BCUT2D eigenvalue weighted by Gasteiger charge is 2.31. The molecule has 0 spiro atoms. The van der Waals surface area contributed by atoms with Gasteiger partial charge in [0.1, 0.15) is 0 Å². The van der Waals surface area contributed by atoms with Gasteiger partial charge in [0, 0.05) is 24.2 Å². The van der Waals surface area contributed by atoms with Crippen molar-refractivity contribution in [1.29, 1.82) is 0 Å². The van der Waals surface area contributed by atoms with E-state index < -0.39 is 0 Å². The summed E-state index contributed by atoms with van der Waals surface area (Å²) in [6, 6.07) is 21.2. The van der Waals surface area contributed by atoms with Crippen molar-refractivity contribution in [3.05, 3.63) is 77.9 Å². The average molecular weight is 344 g/mol. The Bertz CT molecular complexity index is 974. The van der Waals surface area contributed by atoms with Crippen LogP contribution in [0.5, 0.6) is 0 Å². The molecule has 4 nitrogen and oxygen atoms in total. The molecule has 1 aliphatic rings. The van der Waals surface area contributed by atoms with Crippen molar-refractivity contribution in [2.24, 2.45) is 0 Å². The Kier molecular flexibility index (Phi) is 4.17. The van der Waals surface area contributed by atoms with Crippen LogP contribution in [0.2, 0.25) is 0 Å². The number of nitrogens with zero attached hydrogens (tertiary/aromatic N) is 1. The van der Waals surface area contributed by atoms with E-state index in [1.165, 1.54) is 0 Å². The molecule has 3 aromatic carbocycles. The molecule has 4 rings (SSSR count). The summed E-state index contributed by atoms with van der Waals surface area (Å²) in [6.45, 7) is 2.52. The predicted molar refractivity (Wildman–Crippen MR) is 103 cm³/mol. The molecule has 0 bridgehead atoms. The number of hydrogen-bond acceptors (Lipinski definition) is 2. The molecule has 0 radical (unpaired) electrons. The molecular weight excluding hydrogens is 324 g/mol. The molecule has 0 aliphatic carbocycles. The van der Waals surface area contributed by atoms with Gasteiger partial charge in [-0.3, -0.25) is 9.59 Å². The Morgan fingerprint density at radius 1 is 1.00 bits per heavy atom. The summed E-state index contributed by atoms with van der Waals surface area (Å²) in [4.78, 5) is 26.9. The minimum absolute atomic E-state index is 0.0390. The van der Waals surface area contributed by atoms with Gasteiger partial charge in [-0.05, 0) is 35.9 Å². The van der Waals surface area contributed by atoms with Crippen molar-refractivity contribution >= 4 is 28.3 Å². The van der Waals surface area contributed by atoms with Gasteiger partial charge in [-0.1, -0.05) is 54.1 Å². The van der Waals surface area contributed by atoms with E-state index in [9.17, 15) is 9.59 Å². The van der Waals surface area contributed by atoms with Crippen LogP contribution in [-0.2, 0) is 4.79 Å². The first-order chi connectivity index (χ1) is 12.6. The van der Waals surface area contributed by atoms with Crippen LogP contribution < -0.4 is 10.2 Å². The normalized spacial score (nSPS) is 16.9. The second kappa shape index (κ2) is 6.64. The van der Waals surface area contributed by atoms with Gasteiger partial charge < -0.3 is 10.2 Å². The Labute approximate surface area is 152 Å². The first kappa shape index (κ1) is 16.3. The molecule has 130 valence electrons. The van der Waals surface area contributed by atoms with E-state index in [1.807, 2.05) is 73.7 Å². The van der Waals surface area contributed by atoms with Crippen LogP contribution in [0.1, 0.15) is 22.3 Å². The van der Waals surface area contributed by atoms with E-state index in [0.717, 1.165) is 22.0 Å². The molecule has 1 aliphatic heterocycles. The van der Waals surface area contributed by atoms with Gasteiger partial charge in [0.25, 0.3) is 5.91 Å². The van der Waals surface area contributed by atoms with Crippen LogP contribution in [0.3, 0.4) is 0 Å². The van der Waals surface area contributed by atoms with Gasteiger partial charge in [-0.2, -0.15) is 0 Å². The van der Waals surface area contributed by atoms with Crippen LogP contribution in [0.25, 0.3) is 10.8 Å². The molecule has 1 atom stereocenters. The highest BCUT2D eigenvalue weighted by atomic mass is 16.2. The van der Waals surface area contributed by atoms with Crippen LogP contribution in [0.15, 0.2) is 66.7 Å². The summed E-state index contributed by atoms with van der Waals surface area (Å²) in [5, 5.41) is 4.98. The van der Waals surface area contributed by atoms with Crippen LogP contribution >= 0.6 is 0 Å². The zero-order chi connectivity index (χ0) is 18.1. The predicted octanol–water partition coefficient (Wildman–Crippen LogP) is 3.68. The molecule has 4 heteroatoms. The number of aryl methyl sites for hydroxylation is 1. The highest BCUT2D eigenvalue weighted by Crippen LogP contribution is 2.23. The number of rotatable bonds is 3. The monoisotopic (exact) mass is 344 g/mol. The second-order valence-corrected chi connectivity index (χ2v) is 6.74. The molecule has 2 amide bonds. The van der Waals surface area contributed by atoms with Gasteiger partial charge in [-0.15, -0.1) is 0 Å². The first-order valence-corrected chi connectivity index (χ1v) is 8.77. The number of fused-ring (bicyclic) bond motifs is 1. The maximum Gasteiger partial charge on any atom is 0.252 e. The third-order valence-electron chi connectivity index (χ3n) is 4.84. The second-order valence-electron chi connectivity index (χ2n) is 6.74. The number of carbonyl (C=O) groups is 2. The Morgan fingerprint density at radius 3 is 2.54 bits per heavy atom. The van der Waals surface area contributed by atoms with Crippen molar-refractivity contribution in [3.63, 3.8) is 0 Å². The van der Waals surface area contributed by atoms with Crippen molar-refractivity contribution in [2.75, 3.05) is 11.4 Å². The lowest BCUT2D eigenvalue weighted by atomic mass is 10.0. The molecule has 26 heavy (non-hydrogen) atoms. The molecule has 0 aromatic heterocycles. The SMILES string of the molecule is Cc1ccc(N2C[C@H](NC(=O)c3cccc4ccccc34)CC2=O)cc1. The molecule has 1 N–H and O–H groups in total. The van der Waals surface area contributed by atoms with E-state index in [1.54, 1.807) is 4.90 Å². The average Bonchev–Trinajstić information content (AvgIpc) is 3.02. The fraction of sp³-hybridized carbons (Fsp3) is 0.182. The van der Waals surface area contributed by atoms with E-state index in [2.05, 4.69) is 5.32 Å². The maximum absolute atomic E-state index is 12.8.